The Bertz CT molecular complexity index is 689. The molecule has 0 spiro atoms. The van der Waals surface area contributed by atoms with Crippen molar-refractivity contribution in [1.82, 2.24) is 9.99 Å². The predicted octanol–water partition coefficient (Wildman–Crippen LogP) is 2.01. The van der Waals surface area contributed by atoms with Crippen molar-refractivity contribution in [2.45, 2.75) is 20.3 Å². The van der Waals surface area contributed by atoms with Crippen molar-refractivity contribution in [3.8, 4) is 0 Å². The van der Waals surface area contributed by atoms with Crippen molar-refractivity contribution < 1.29 is 23.1 Å². The molecule has 2 rings (SSSR count). The van der Waals surface area contributed by atoms with E-state index in [4.69, 9.17) is 4.74 Å². The van der Waals surface area contributed by atoms with Crippen LogP contribution in [0.1, 0.15) is 24.6 Å². The van der Waals surface area contributed by atoms with Crippen LogP contribution in [0.3, 0.4) is 0 Å². The van der Waals surface area contributed by atoms with E-state index in [1.807, 2.05) is 0 Å². The maximum Gasteiger partial charge on any atom is 0.278 e. The number of hydrogen-bond acceptors (Lipinski definition) is 5. The van der Waals surface area contributed by atoms with Crippen LogP contribution in [-0.4, -0.2) is 42.6 Å². The van der Waals surface area contributed by atoms with E-state index < -0.39 is 18.2 Å². The molecule has 0 fully saturated rings. The Kier molecular flexibility index (Phi) is 4.74. The van der Waals surface area contributed by atoms with E-state index in [2.05, 4.69) is 4.98 Å². The highest BCUT2D eigenvalue weighted by Gasteiger charge is 2.39. The first-order chi connectivity index (χ1) is 10.8. The molecule has 1 aliphatic rings. The van der Waals surface area contributed by atoms with Gasteiger partial charge in [0.25, 0.3) is 18.2 Å². The molecule has 0 unspecified atom stereocenters. The number of nitrogens with zero attached hydrogens (tertiary/aromatic N) is 3. The molecule has 0 saturated heterocycles. The zero-order valence-corrected chi connectivity index (χ0v) is 13.3. The van der Waals surface area contributed by atoms with E-state index in [0.717, 1.165) is 5.01 Å². The number of anilines is 1. The van der Waals surface area contributed by atoms with Gasteiger partial charge in [0.05, 0.1) is 12.2 Å². The number of carbonyl (C=O) groups excluding carboxylic acids is 2. The minimum atomic E-state index is -2.63. The number of pyridine rings is 1. The standard InChI is InChI=1S/C15H17F2N3O3/c1-8-11(7-23-4)15(22)20(14(8)21)19(3)12-6-5-10(13(16)17)9(2)18-12/h5-6,13H,7H2,1-4H3. The number of rotatable bonds is 5. The van der Waals surface area contributed by atoms with E-state index in [1.165, 1.54) is 38.2 Å². The lowest BCUT2D eigenvalue weighted by Gasteiger charge is -2.28. The molecule has 0 atom stereocenters. The fraction of sp³-hybridized carbons (Fsp3) is 0.400. The molecule has 1 aromatic rings. The molecular formula is C15H17F2N3O3. The number of hydrazine groups is 1. The molecule has 6 nitrogen and oxygen atoms in total. The molecule has 0 saturated carbocycles. The highest BCUT2D eigenvalue weighted by Crippen LogP contribution is 2.27. The van der Waals surface area contributed by atoms with Gasteiger partial charge in [0.2, 0.25) is 0 Å². The van der Waals surface area contributed by atoms with Gasteiger partial charge >= 0.3 is 0 Å². The number of aromatic nitrogens is 1. The second kappa shape index (κ2) is 6.41. The smallest absolute Gasteiger partial charge is 0.278 e. The molecule has 0 N–H and O–H groups in total. The third kappa shape index (κ3) is 2.94. The van der Waals surface area contributed by atoms with Gasteiger partial charge in [-0.2, -0.15) is 5.01 Å². The number of aryl methyl sites for hydroxylation is 1. The topological polar surface area (TPSA) is 62.7 Å². The number of methoxy groups -OCH3 is 1. The lowest BCUT2D eigenvalue weighted by Crippen LogP contribution is -2.46. The molecule has 0 aromatic carbocycles. The number of imide groups is 1. The normalized spacial score (nSPS) is 15.2. The summed E-state index contributed by atoms with van der Waals surface area (Å²) in [4.78, 5) is 28.7. The Labute approximate surface area is 132 Å². The summed E-state index contributed by atoms with van der Waals surface area (Å²) in [6.07, 6.45) is -2.63. The molecule has 2 heterocycles. The summed E-state index contributed by atoms with van der Waals surface area (Å²) in [5.74, 6) is -0.767. The van der Waals surface area contributed by atoms with Gasteiger partial charge < -0.3 is 4.74 Å². The molecule has 0 radical (unpaired) electrons. The number of ether oxygens (including phenoxy) is 1. The van der Waals surface area contributed by atoms with Crippen LogP contribution in [0.4, 0.5) is 14.6 Å². The Morgan fingerprint density at radius 3 is 2.43 bits per heavy atom. The minimum absolute atomic E-state index is 0.0253. The molecule has 124 valence electrons. The Morgan fingerprint density at radius 2 is 1.91 bits per heavy atom. The first-order valence-electron chi connectivity index (χ1n) is 6.86. The number of amides is 2. The number of hydrogen-bond donors (Lipinski definition) is 0. The number of carbonyl (C=O) groups is 2. The van der Waals surface area contributed by atoms with Crippen LogP contribution in [0.15, 0.2) is 23.3 Å². The zero-order valence-electron chi connectivity index (χ0n) is 13.3. The van der Waals surface area contributed by atoms with Crippen LogP contribution in [0.2, 0.25) is 0 Å². The van der Waals surface area contributed by atoms with Crippen LogP contribution in [-0.2, 0) is 14.3 Å². The van der Waals surface area contributed by atoms with E-state index in [1.54, 1.807) is 6.92 Å². The number of halogens is 2. The maximum atomic E-state index is 12.8. The highest BCUT2D eigenvalue weighted by molar-refractivity contribution is 6.19. The lowest BCUT2D eigenvalue weighted by atomic mass is 10.2. The fourth-order valence-corrected chi connectivity index (χ4v) is 2.33. The van der Waals surface area contributed by atoms with Crippen molar-refractivity contribution in [1.29, 1.82) is 0 Å². The van der Waals surface area contributed by atoms with Crippen LogP contribution >= 0.6 is 0 Å². The van der Waals surface area contributed by atoms with Gasteiger partial charge in [-0.1, -0.05) is 0 Å². The molecule has 8 heteroatoms. The first-order valence-corrected chi connectivity index (χ1v) is 6.86. The van der Waals surface area contributed by atoms with Gasteiger partial charge in [0.1, 0.15) is 5.82 Å². The Hall–Kier alpha value is -2.35. The monoisotopic (exact) mass is 325 g/mol. The molecule has 0 aliphatic carbocycles. The SMILES string of the molecule is COCC1=C(C)C(=O)N(N(C)c2ccc(C(F)F)c(C)n2)C1=O. The van der Waals surface area contributed by atoms with Gasteiger partial charge in [0, 0.05) is 31.0 Å². The average molecular weight is 325 g/mol. The van der Waals surface area contributed by atoms with Crippen molar-refractivity contribution in [3.63, 3.8) is 0 Å². The van der Waals surface area contributed by atoms with Crippen LogP contribution in [0.5, 0.6) is 0 Å². The first kappa shape index (κ1) is 17.0. The quantitative estimate of drug-likeness (QED) is 0.775. The maximum absolute atomic E-state index is 12.8. The molecular weight excluding hydrogens is 308 g/mol. The summed E-state index contributed by atoms with van der Waals surface area (Å²) < 4.78 is 30.5. The van der Waals surface area contributed by atoms with Crippen molar-refractivity contribution in [2.75, 3.05) is 25.8 Å². The summed E-state index contributed by atoms with van der Waals surface area (Å²) >= 11 is 0. The highest BCUT2D eigenvalue weighted by atomic mass is 19.3. The van der Waals surface area contributed by atoms with Crippen molar-refractivity contribution in [3.05, 3.63) is 34.5 Å². The van der Waals surface area contributed by atoms with E-state index >= 15 is 0 Å². The minimum Gasteiger partial charge on any atom is -0.380 e. The van der Waals surface area contributed by atoms with Gasteiger partial charge in [-0.15, -0.1) is 0 Å². The molecule has 23 heavy (non-hydrogen) atoms. The van der Waals surface area contributed by atoms with E-state index in [-0.39, 0.29) is 29.3 Å². The number of alkyl halides is 2. The van der Waals surface area contributed by atoms with Crippen molar-refractivity contribution >= 4 is 17.6 Å². The van der Waals surface area contributed by atoms with E-state index in [0.29, 0.717) is 5.57 Å². The molecule has 1 aliphatic heterocycles. The third-order valence-electron chi connectivity index (χ3n) is 3.68. The summed E-state index contributed by atoms with van der Waals surface area (Å²) in [7, 11) is 2.90. The second-order valence-electron chi connectivity index (χ2n) is 5.13. The summed E-state index contributed by atoms with van der Waals surface area (Å²) in [6, 6.07) is 2.58. The fourth-order valence-electron chi connectivity index (χ4n) is 2.33. The largest absolute Gasteiger partial charge is 0.380 e. The van der Waals surface area contributed by atoms with Crippen LogP contribution in [0.25, 0.3) is 0 Å². The average Bonchev–Trinajstić information content (AvgIpc) is 2.70. The molecule has 2 amide bonds. The van der Waals surface area contributed by atoms with E-state index in [9.17, 15) is 18.4 Å². The summed E-state index contributed by atoms with van der Waals surface area (Å²) in [5, 5.41) is 2.17. The van der Waals surface area contributed by atoms with Crippen LogP contribution in [0, 0.1) is 6.92 Å². The molecule has 1 aromatic heterocycles. The van der Waals surface area contributed by atoms with Gasteiger partial charge in [-0.05, 0) is 26.0 Å². The Balaban J connectivity index is 2.32. The predicted molar refractivity (Wildman–Crippen MR) is 78.8 cm³/mol. The summed E-state index contributed by atoms with van der Waals surface area (Å²) in [5.41, 5.74) is 0.524. The van der Waals surface area contributed by atoms with Gasteiger partial charge in [-0.3, -0.25) is 14.6 Å². The third-order valence-corrected chi connectivity index (χ3v) is 3.68. The van der Waals surface area contributed by atoms with Gasteiger partial charge in [0.15, 0.2) is 0 Å². The lowest BCUT2D eigenvalue weighted by molar-refractivity contribution is -0.138. The molecule has 0 bridgehead atoms. The van der Waals surface area contributed by atoms with Crippen LogP contribution < -0.4 is 5.01 Å². The summed E-state index contributed by atoms with van der Waals surface area (Å²) in [6.45, 7) is 3.02. The van der Waals surface area contributed by atoms with Crippen molar-refractivity contribution in [2.24, 2.45) is 0 Å². The zero-order chi connectivity index (χ0) is 17.3. The second-order valence-corrected chi connectivity index (χ2v) is 5.13. The Morgan fingerprint density at radius 1 is 1.26 bits per heavy atom. The van der Waals surface area contributed by atoms with Gasteiger partial charge in [-0.25, -0.2) is 13.8 Å².